The van der Waals surface area contributed by atoms with E-state index in [4.69, 9.17) is 10.5 Å². The van der Waals surface area contributed by atoms with Crippen molar-refractivity contribution >= 4 is 5.91 Å². The number of fused-ring (bicyclic) bond motifs is 1. The predicted molar refractivity (Wildman–Crippen MR) is 82.2 cm³/mol. The van der Waals surface area contributed by atoms with Gasteiger partial charge < -0.3 is 15.8 Å². The molecule has 1 heterocycles. The fraction of sp³-hybridized carbons (Fsp3) is 0.588. The first-order valence-corrected chi connectivity index (χ1v) is 7.98. The number of rotatable bonds is 4. The zero-order valence-electron chi connectivity index (χ0n) is 12.4. The molecule has 1 amide bonds. The van der Waals surface area contributed by atoms with Crippen molar-refractivity contribution in [3.05, 3.63) is 29.8 Å². The fourth-order valence-corrected chi connectivity index (χ4v) is 3.49. The van der Waals surface area contributed by atoms with Crippen molar-refractivity contribution in [3.8, 4) is 5.75 Å². The van der Waals surface area contributed by atoms with E-state index < -0.39 is 0 Å². The molecule has 4 nitrogen and oxygen atoms in total. The standard InChI is InChI=1S/C17H24N2O2/c18-15-6-3-4-12(15)10-17(20)19-11-13-8-9-21-16-7-2-1-5-14(13)16/h1-2,5,7,12-13,15H,3-4,6,8-11,18H2,(H,19,20)/t12-,13?,15+/m0/s1. The summed E-state index contributed by atoms with van der Waals surface area (Å²) in [7, 11) is 0. The van der Waals surface area contributed by atoms with E-state index in [1.165, 1.54) is 5.56 Å². The third kappa shape index (κ3) is 3.38. The molecule has 0 radical (unpaired) electrons. The minimum Gasteiger partial charge on any atom is -0.493 e. The Morgan fingerprint density at radius 1 is 1.29 bits per heavy atom. The summed E-state index contributed by atoms with van der Waals surface area (Å²) in [6.07, 6.45) is 4.85. The normalized spacial score (nSPS) is 27.8. The number of carbonyl (C=O) groups excluding carboxylic acids is 1. The quantitative estimate of drug-likeness (QED) is 0.892. The van der Waals surface area contributed by atoms with Crippen LogP contribution in [0.4, 0.5) is 0 Å². The minimum atomic E-state index is 0.140. The molecular weight excluding hydrogens is 264 g/mol. The van der Waals surface area contributed by atoms with Crippen LogP contribution < -0.4 is 15.8 Å². The van der Waals surface area contributed by atoms with E-state index in [1.807, 2.05) is 18.2 Å². The highest BCUT2D eigenvalue weighted by molar-refractivity contribution is 5.76. The lowest BCUT2D eigenvalue weighted by atomic mass is 9.93. The fourth-order valence-electron chi connectivity index (χ4n) is 3.49. The maximum atomic E-state index is 12.1. The van der Waals surface area contributed by atoms with Gasteiger partial charge in [-0.15, -0.1) is 0 Å². The van der Waals surface area contributed by atoms with Gasteiger partial charge in [-0.05, 0) is 36.8 Å². The molecule has 1 aromatic carbocycles. The lowest BCUT2D eigenvalue weighted by Crippen LogP contribution is -2.34. The van der Waals surface area contributed by atoms with Crippen LogP contribution in [-0.2, 0) is 4.79 Å². The summed E-state index contributed by atoms with van der Waals surface area (Å²) < 4.78 is 5.65. The van der Waals surface area contributed by atoms with E-state index in [-0.39, 0.29) is 11.9 Å². The van der Waals surface area contributed by atoms with Gasteiger partial charge in [0, 0.05) is 24.9 Å². The van der Waals surface area contributed by atoms with Gasteiger partial charge in [0.15, 0.2) is 0 Å². The van der Waals surface area contributed by atoms with E-state index in [9.17, 15) is 4.79 Å². The van der Waals surface area contributed by atoms with Gasteiger partial charge in [-0.3, -0.25) is 4.79 Å². The number of nitrogens with one attached hydrogen (secondary N) is 1. The molecule has 1 aromatic rings. The molecule has 114 valence electrons. The van der Waals surface area contributed by atoms with Gasteiger partial charge in [0.25, 0.3) is 0 Å². The van der Waals surface area contributed by atoms with Crippen LogP contribution in [0.25, 0.3) is 0 Å². The Morgan fingerprint density at radius 3 is 2.95 bits per heavy atom. The SMILES string of the molecule is N[C@@H]1CCC[C@H]1CC(=O)NCC1CCOc2ccccc21. The highest BCUT2D eigenvalue weighted by Crippen LogP contribution is 2.33. The predicted octanol–water partition coefficient (Wildman–Crippen LogP) is 2.19. The molecule has 1 fully saturated rings. The molecule has 0 aromatic heterocycles. The second-order valence-corrected chi connectivity index (χ2v) is 6.23. The maximum Gasteiger partial charge on any atom is 0.220 e. The second kappa shape index (κ2) is 6.48. The maximum absolute atomic E-state index is 12.1. The average molecular weight is 288 g/mol. The molecule has 3 atom stereocenters. The number of hydrogen-bond acceptors (Lipinski definition) is 3. The number of benzene rings is 1. The van der Waals surface area contributed by atoms with Crippen molar-refractivity contribution in [2.45, 2.75) is 44.1 Å². The van der Waals surface area contributed by atoms with E-state index in [0.29, 0.717) is 24.8 Å². The third-order valence-corrected chi connectivity index (χ3v) is 4.79. The van der Waals surface area contributed by atoms with Gasteiger partial charge in [-0.2, -0.15) is 0 Å². The van der Waals surface area contributed by atoms with Gasteiger partial charge in [-0.1, -0.05) is 24.6 Å². The Bertz CT molecular complexity index is 503. The van der Waals surface area contributed by atoms with Crippen LogP contribution in [0, 0.1) is 5.92 Å². The molecule has 3 rings (SSSR count). The number of hydrogen-bond donors (Lipinski definition) is 2. The van der Waals surface area contributed by atoms with Crippen LogP contribution in [0.3, 0.4) is 0 Å². The van der Waals surface area contributed by atoms with Crippen LogP contribution in [0.2, 0.25) is 0 Å². The van der Waals surface area contributed by atoms with Gasteiger partial charge in [-0.25, -0.2) is 0 Å². The van der Waals surface area contributed by atoms with Gasteiger partial charge in [0.05, 0.1) is 6.61 Å². The molecule has 1 aliphatic heterocycles. The Hall–Kier alpha value is -1.55. The van der Waals surface area contributed by atoms with Gasteiger partial charge in [0.1, 0.15) is 5.75 Å². The number of nitrogens with two attached hydrogens (primary N) is 1. The molecule has 2 aliphatic rings. The molecule has 1 unspecified atom stereocenters. The van der Waals surface area contributed by atoms with Gasteiger partial charge >= 0.3 is 0 Å². The van der Waals surface area contributed by atoms with Crippen molar-refractivity contribution in [3.63, 3.8) is 0 Å². The summed E-state index contributed by atoms with van der Waals surface area (Å²) in [6, 6.07) is 8.32. The molecule has 21 heavy (non-hydrogen) atoms. The Balaban J connectivity index is 1.52. The second-order valence-electron chi connectivity index (χ2n) is 6.23. The Kier molecular flexibility index (Phi) is 4.44. The van der Waals surface area contributed by atoms with Crippen LogP contribution in [0.5, 0.6) is 5.75 Å². The van der Waals surface area contributed by atoms with Crippen LogP contribution in [0.1, 0.15) is 43.6 Å². The molecule has 1 aliphatic carbocycles. The van der Waals surface area contributed by atoms with Crippen molar-refractivity contribution < 1.29 is 9.53 Å². The van der Waals surface area contributed by atoms with Gasteiger partial charge in [0.2, 0.25) is 5.91 Å². The third-order valence-electron chi connectivity index (χ3n) is 4.79. The monoisotopic (exact) mass is 288 g/mol. The largest absolute Gasteiger partial charge is 0.493 e. The lowest BCUT2D eigenvalue weighted by molar-refractivity contribution is -0.122. The molecule has 4 heteroatoms. The number of carbonyl (C=O) groups is 1. The van der Waals surface area contributed by atoms with Crippen molar-refractivity contribution in [1.82, 2.24) is 5.32 Å². The summed E-state index contributed by atoms with van der Waals surface area (Å²) in [5.41, 5.74) is 7.24. The molecule has 1 saturated carbocycles. The molecule has 0 spiro atoms. The molecule has 3 N–H and O–H groups in total. The average Bonchev–Trinajstić information content (AvgIpc) is 2.90. The number of amides is 1. The molecule has 0 bridgehead atoms. The number of para-hydroxylation sites is 1. The zero-order valence-corrected chi connectivity index (χ0v) is 12.4. The summed E-state index contributed by atoms with van der Waals surface area (Å²) in [5, 5.41) is 3.09. The molecule has 0 saturated heterocycles. The van der Waals surface area contributed by atoms with E-state index in [0.717, 1.165) is 38.0 Å². The summed E-state index contributed by atoms with van der Waals surface area (Å²) in [4.78, 5) is 12.1. The first kappa shape index (κ1) is 14.4. The van der Waals surface area contributed by atoms with E-state index >= 15 is 0 Å². The first-order valence-electron chi connectivity index (χ1n) is 7.98. The van der Waals surface area contributed by atoms with Crippen LogP contribution in [0.15, 0.2) is 24.3 Å². The summed E-state index contributed by atoms with van der Waals surface area (Å²) in [5.74, 6) is 1.82. The van der Waals surface area contributed by atoms with Crippen molar-refractivity contribution in [2.75, 3.05) is 13.2 Å². The Morgan fingerprint density at radius 2 is 2.14 bits per heavy atom. The van der Waals surface area contributed by atoms with Crippen molar-refractivity contribution in [1.29, 1.82) is 0 Å². The smallest absolute Gasteiger partial charge is 0.220 e. The number of ether oxygens (including phenoxy) is 1. The summed E-state index contributed by atoms with van der Waals surface area (Å²) in [6.45, 7) is 1.42. The lowest BCUT2D eigenvalue weighted by Gasteiger charge is -2.26. The van der Waals surface area contributed by atoms with E-state index in [1.54, 1.807) is 0 Å². The summed E-state index contributed by atoms with van der Waals surface area (Å²) >= 11 is 0. The van der Waals surface area contributed by atoms with E-state index in [2.05, 4.69) is 11.4 Å². The molecular formula is C17H24N2O2. The topological polar surface area (TPSA) is 64.4 Å². The highest BCUT2D eigenvalue weighted by Gasteiger charge is 2.27. The van der Waals surface area contributed by atoms with Crippen LogP contribution >= 0.6 is 0 Å². The first-order chi connectivity index (χ1) is 10.2. The van der Waals surface area contributed by atoms with Crippen LogP contribution in [-0.4, -0.2) is 25.1 Å². The highest BCUT2D eigenvalue weighted by atomic mass is 16.5. The Labute approximate surface area is 126 Å². The zero-order chi connectivity index (χ0) is 14.7. The van der Waals surface area contributed by atoms with Crippen molar-refractivity contribution in [2.24, 2.45) is 11.7 Å². The minimum absolute atomic E-state index is 0.140.